The van der Waals surface area contributed by atoms with Crippen LogP contribution in [0.1, 0.15) is 0 Å². The average Bonchev–Trinajstić information content (AvgIpc) is 3.41. The number of hydrogen-bond donors (Lipinski definition) is 0. The van der Waals surface area contributed by atoms with E-state index < -0.39 is 8.07 Å². The molecule has 9 rings (SSSR count). The zero-order chi connectivity index (χ0) is 33.0. The van der Waals surface area contributed by atoms with Crippen LogP contribution in [0.2, 0.25) is 13.1 Å². The fraction of sp³-hybridized carbons (Fsp3) is 0.0435. The number of fused-ring (bicyclic) bond motifs is 5. The lowest BCUT2D eigenvalue weighted by Gasteiger charge is -2.19. The summed E-state index contributed by atoms with van der Waals surface area (Å²) in [6, 6.07) is 60.9. The maximum atomic E-state index is 5.47. The zero-order valence-corrected chi connectivity index (χ0v) is 28.6. The van der Waals surface area contributed by atoms with E-state index in [1.807, 2.05) is 0 Å². The summed E-state index contributed by atoms with van der Waals surface area (Å²) in [5.74, 6) is 0.782. The maximum absolute atomic E-state index is 5.47. The molecule has 0 bridgehead atoms. The molecular weight excluding hydrogens is 609 g/mol. The van der Waals surface area contributed by atoms with Gasteiger partial charge in [-0.15, -0.1) is 0 Å². The van der Waals surface area contributed by atoms with Gasteiger partial charge in [-0.25, -0.2) is 9.97 Å². The first-order valence-corrected chi connectivity index (χ1v) is 19.9. The van der Waals surface area contributed by atoms with E-state index in [1.54, 1.807) is 0 Å². The van der Waals surface area contributed by atoms with E-state index in [4.69, 9.17) is 9.97 Å². The summed E-state index contributed by atoms with van der Waals surface area (Å²) in [6.07, 6.45) is 0. The van der Waals surface area contributed by atoms with Crippen molar-refractivity contribution in [2.24, 2.45) is 0 Å². The highest BCUT2D eigenvalue weighted by atomic mass is 28.3. The van der Waals surface area contributed by atoms with Gasteiger partial charge in [0, 0.05) is 22.0 Å². The summed E-state index contributed by atoms with van der Waals surface area (Å²) < 4.78 is 0. The molecule has 232 valence electrons. The van der Waals surface area contributed by atoms with Crippen LogP contribution in [0.15, 0.2) is 170 Å². The fourth-order valence-electron chi connectivity index (χ4n) is 7.48. The van der Waals surface area contributed by atoms with Crippen molar-refractivity contribution in [2.45, 2.75) is 13.1 Å². The molecule has 0 saturated carbocycles. The van der Waals surface area contributed by atoms with Crippen molar-refractivity contribution in [2.75, 3.05) is 0 Å². The van der Waals surface area contributed by atoms with Crippen LogP contribution >= 0.6 is 0 Å². The van der Waals surface area contributed by atoms with E-state index in [2.05, 4.69) is 183 Å². The molecule has 1 aromatic heterocycles. The summed E-state index contributed by atoms with van der Waals surface area (Å²) in [4.78, 5) is 10.9. The van der Waals surface area contributed by atoms with Gasteiger partial charge in [0.05, 0.1) is 5.69 Å². The van der Waals surface area contributed by atoms with Crippen molar-refractivity contribution in [3.05, 3.63) is 170 Å². The summed E-state index contributed by atoms with van der Waals surface area (Å²) >= 11 is 0. The van der Waals surface area contributed by atoms with Gasteiger partial charge >= 0.3 is 0 Å². The smallest absolute Gasteiger partial charge is 0.159 e. The quantitative estimate of drug-likeness (QED) is 0.175. The lowest BCUT2D eigenvalue weighted by molar-refractivity contribution is 1.21. The van der Waals surface area contributed by atoms with Crippen molar-refractivity contribution >= 4 is 29.4 Å². The van der Waals surface area contributed by atoms with Crippen molar-refractivity contribution < 1.29 is 0 Å². The first-order valence-electron chi connectivity index (χ1n) is 16.9. The van der Waals surface area contributed by atoms with E-state index in [0.29, 0.717) is 0 Å². The van der Waals surface area contributed by atoms with Crippen LogP contribution in [0.4, 0.5) is 0 Å². The van der Waals surface area contributed by atoms with Gasteiger partial charge in [0.15, 0.2) is 5.82 Å². The van der Waals surface area contributed by atoms with Gasteiger partial charge < -0.3 is 0 Å². The minimum atomic E-state index is -2.13. The third kappa shape index (κ3) is 5.02. The zero-order valence-electron chi connectivity index (χ0n) is 27.6. The van der Waals surface area contributed by atoms with E-state index in [0.717, 1.165) is 28.2 Å². The van der Waals surface area contributed by atoms with E-state index in [-0.39, 0.29) is 0 Å². The second-order valence-electron chi connectivity index (χ2n) is 13.4. The Balaban J connectivity index is 1.15. The van der Waals surface area contributed by atoms with Crippen LogP contribution in [-0.4, -0.2) is 18.0 Å². The lowest BCUT2D eigenvalue weighted by atomic mass is 9.95. The van der Waals surface area contributed by atoms with Crippen LogP contribution in [0, 0.1) is 0 Å². The maximum Gasteiger partial charge on any atom is 0.159 e. The Morgan fingerprint density at radius 3 is 1.59 bits per heavy atom. The molecular formula is C46H34N2Si. The van der Waals surface area contributed by atoms with E-state index >= 15 is 0 Å². The highest BCUT2D eigenvalue weighted by molar-refractivity contribution is 7.03. The molecule has 2 nitrogen and oxygen atoms in total. The monoisotopic (exact) mass is 642 g/mol. The Labute approximate surface area is 288 Å². The Morgan fingerprint density at radius 2 is 0.898 bits per heavy atom. The first-order chi connectivity index (χ1) is 24.0. The molecule has 0 aliphatic carbocycles. The number of hydrogen-bond acceptors (Lipinski definition) is 2. The van der Waals surface area contributed by atoms with Crippen LogP contribution in [-0.2, 0) is 0 Å². The van der Waals surface area contributed by atoms with Crippen LogP contribution in [0.5, 0.6) is 0 Å². The molecule has 1 aliphatic heterocycles. The van der Waals surface area contributed by atoms with Crippen molar-refractivity contribution in [3.8, 4) is 67.2 Å². The molecule has 0 spiro atoms. The van der Waals surface area contributed by atoms with Crippen molar-refractivity contribution in [1.82, 2.24) is 9.97 Å². The normalized spacial score (nSPS) is 12.9. The molecule has 0 N–H and O–H groups in total. The topological polar surface area (TPSA) is 25.8 Å². The Hall–Kier alpha value is -5.90. The number of rotatable bonds is 5. The summed E-state index contributed by atoms with van der Waals surface area (Å²) in [7, 11) is -2.13. The van der Waals surface area contributed by atoms with Gasteiger partial charge in [-0.2, -0.15) is 0 Å². The minimum Gasteiger partial charge on any atom is -0.237 e. The molecule has 49 heavy (non-hydrogen) atoms. The van der Waals surface area contributed by atoms with E-state index in [1.165, 1.54) is 60.2 Å². The predicted molar refractivity (Wildman–Crippen MR) is 209 cm³/mol. The van der Waals surface area contributed by atoms with Gasteiger partial charge in [-0.05, 0) is 67.0 Å². The number of benzene rings is 7. The molecule has 0 radical (unpaired) electrons. The second kappa shape index (κ2) is 11.7. The molecule has 1 aliphatic rings. The highest BCUT2D eigenvalue weighted by Gasteiger charge is 2.42. The van der Waals surface area contributed by atoms with Crippen molar-refractivity contribution in [1.29, 1.82) is 0 Å². The molecule has 0 fully saturated rings. The highest BCUT2D eigenvalue weighted by Crippen LogP contribution is 2.40. The molecule has 2 heterocycles. The molecule has 0 unspecified atom stereocenters. The second-order valence-corrected chi connectivity index (χ2v) is 17.7. The van der Waals surface area contributed by atoms with Crippen LogP contribution < -0.4 is 10.5 Å². The summed E-state index contributed by atoms with van der Waals surface area (Å²) in [5.41, 5.74) is 12.9. The fourth-order valence-corrected chi connectivity index (χ4v) is 10.4. The van der Waals surface area contributed by atoms with Gasteiger partial charge in [-0.3, -0.25) is 0 Å². The number of aromatic nitrogens is 2. The Kier molecular flexibility index (Phi) is 6.96. The summed E-state index contributed by atoms with van der Waals surface area (Å²) in [6.45, 7) is 4.87. The first kappa shape index (κ1) is 29.3. The minimum absolute atomic E-state index is 0.782. The number of nitrogens with zero attached hydrogens (tertiary/aromatic N) is 2. The summed E-state index contributed by atoms with van der Waals surface area (Å²) in [5, 5.41) is 5.19. The van der Waals surface area contributed by atoms with Gasteiger partial charge in [-0.1, -0.05) is 171 Å². The third-order valence-corrected chi connectivity index (χ3v) is 13.4. The molecule has 3 heteroatoms. The molecule has 8 aromatic rings. The van der Waals surface area contributed by atoms with Gasteiger partial charge in [0.2, 0.25) is 0 Å². The van der Waals surface area contributed by atoms with Crippen LogP contribution in [0.3, 0.4) is 0 Å². The lowest BCUT2D eigenvalue weighted by Crippen LogP contribution is -2.50. The Morgan fingerprint density at radius 1 is 0.388 bits per heavy atom. The predicted octanol–water partition coefficient (Wildman–Crippen LogP) is 10.8. The average molecular weight is 643 g/mol. The van der Waals surface area contributed by atoms with Gasteiger partial charge in [0.1, 0.15) is 8.07 Å². The van der Waals surface area contributed by atoms with Gasteiger partial charge in [0.25, 0.3) is 0 Å². The molecule has 7 aromatic carbocycles. The molecule has 0 amide bonds. The SMILES string of the molecule is C[Si]1(C)c2ccc3ccccc3c2-c2c(-c3ccccc3)nc(-c3cccc(-c4cccc(-c5ccc(-c6ccccc6)cc5)c4)c3)nc21. The van der Waals surface area contributed by atoms with E-state index in [9.17, 15) is 0 Å². The third-order valence-electron chi connectivity index (χ3n) is 10.0. The van der Waals surface area contributed by atoms with Crippen molar-refractivity contribution in [3.63, 3.8) is 0 Å². The molecule has 0 saturated heterocycles. The molecule has 0 atom stereocenters. The largest absolute Gasteiger partial charge is 0.237 e. The van der Waals surface area contributed by atoms with Crippen LogP contribution in [0.25, 0.3) is 77.9 Å². The Bertz CT molecular complexity index is 2500. The standard InChI is InChI=1S/C46H34N2Si/c1-49(2)41-28-27-34-15-9-10-22-40(34)42(41)43-44(35-16-7-4-8-17-35)47-45(48-46(43)49)39-21-12-20-38(30-39)37-19-11-18-36(29-37)33-25-23-32(24-26-33)31-13-5-3-6-14-31/h3-30H,1-2H3.